The lowest BCUT2D eigenvalue weighted by Gasteiger charge is -2.35. The molecule has 3 aromatic heterocycles. The number of benzene rings is 2. The minimum absolute atomic E-state index is 0.0830. The van der Waals surface area contributed by atoms with Gasteiger partial charge in [0.1, 0.15) is 23.7 Å². The zero-order chi connectivity index (χ0) is 25.5. The highest BCUT2D eigenvalue weighted by atomic mass is 19.1. The van der Waals surface area contributed by atoms with E-state index in [2.05, 4.69) is 20.0 Å². The van der Waals surface area contributed by atoms with Crippen LogP contribution in [0.2, 0.25) is 0 Å². The number of nitrogens with zero attached hydrogens (tertiary/aromatic N) is 8. The summed E-state index contributed by atoms with van der Waals surface area (Å²) in [4.78, 5) is 26.5. The summed E-state index contributed by atoms with van der Waals surface area (Å²) >= 11 is 0. The number of piperazine rings is 1. The highest BCUT2D eigenvalue weighted by Gasteiger charge is 2.28. The fourth-order valence-electron chi connectivity index (χ4n) is 4.63. The Morgan fingerprint density at radius 3 is 2.41 bits per heavy atom. The molecule has 6 rings (SSSR count). The van der Waals surface area contributed by atoms with Crippen LogP contribution < -0.4 is 4.90 Å². The molecular formula is C27H25FN8O. The van der Waals surface area contributed by atoms with Crippen molar-refractivity contribution in [1.82, 2.24) is 34.3 Å². The van der Waals surface area contributed by atoms with Gasteiger partial charge in [0.25, 0.3) is 11.7 Å². The molecular weight excluding hydrogens is 471 g/mol. The van der Waals surface area contributed by atoms with Crippen molar-refractivity contribution in [2.24, 2.45) is 0 Å². The molecule has 1 saturated heterocycles. The van der Waals surface area contributed by atoms with Crippen molar-refractivity contribution in [1.29, 1.82) is 0 Å². The summed E-state index contributed by atoms with van der Waals surface area (Å²) in [6.45, 7) is 6.34. The highest BCUT2D eigenvalue weighted by molar-refractivity contribution is 6.00. The maximum absolute atomic E-state index is 13.8. The molecule has 1 aliphatic heterocycles. The van der Waals surface area contributed by atoms with Gasteiger partial charge < -0.3 is 9.80 Å². The second kappa shape index (κ2) is 9.12. The molecule has 5 aromatic rings. The zero-order valence-corrected chi connectivity index (χ0v) is 20.5. The van der Waals surface area contributed by atoms with Crippen LogP contribution in [0.4, 0.5) is 10.2 Å². The highest BCUT2D eigenvalue weighted by Crippen LogP contribution is 2.27. The number of rotatable bonds is 4. The molecule has 0 unspecified atom stereocenters. The number of anilines is 1. The van der Waals surface area contributed by atoms with E-state index >= 15 is 0 Å². The van der Waals surface area contributed by atoms with E-state index < -0.39 is 0 Å². The van der Waals surface area contributed by atoms with Crippen LogP contribution in [-0.4, -0.2) is 66.3 Å². The van der Waals surface area contributed by atoms with Crippen molar-refractivity contribution in [3.05, 3.63) is 89.8 Å². The Morgan fingerprint density at radius 1 is 0.946 bits per heavy atom. The van der Waals surface area contributed by atoms with Gasteiger partial charge in [-0.2, -0.15) is 19.7 Å². The Bertz CT molecular complexity index is 1580. The summed E-state index contributed by atoms with van der Waals surface area (Å²) in [5.41, 5.74) is 4.65. The molecule has 9 nitrogen and oxygen atoms in total. The van der Waals surface area contributed by atoms with Gasteiger partial charge in [0.2, 0.25) is 0 Å². The van der Waals surface area contributed by atoms with Crippen LogP contribution in [-0.2, 0) is 0 Å². The van der Waals surface area contributed by atoms with Crippen molar-refractivity contribution in [2.45, 2.75) is 13.8 Å². The number of carbonyl (C=O) groups excluding carboxylic acids is 1. The maximum atomic E-state index is 13.8. The number of hydrogen-bond donors (Lipinski definition) is 0. The fourth-order valence-corrected chi connectivity index (χ4v) is 4.63. The third-order valence-corrected chi connectivity index (χ3v) is 6.61. The summed E-state index contributed by atoms with van der Waals surface area (Å²) in [5.74, 6) is 1.07. The Labute approximate surface area is 212 Å². The Hall–Kier alpha value is -4.60. The number of amides is 1. The second-order valence-electron chi connectivity index (χ2n) is 9.19. The predicted molar refractivity (Wildman–Crippen MR) is 137 cm³/mol. The molecule has 1 aliphatic rings. The monoisotopic (exact) mass is 496 g/mol. The van der Waals surface area contributed by atoms with Gasteiger partial charge in [-0.1, -0.05) is 29.8 Å². The summed E-state index contributed by atoms with van der Waals surface area (Å²) in [7, 11) is 0. The lowest BCUT2D eigenvalue weighted by molar-refractivity contribution is 0.0747. The first-order chi connectivity index (χ1) is 18.0. The minimum Gasteiger partial charge on any atom is -0.353 e. The average Bonchev–Trinajstić information content (AvgIpc) is 3.56. The van der Waals surface area contributed by atoms with Gasteiger partial charge in [-0.15, -0.1) is 0 Å². The van der Waals surface area contributed by atoms with E-state index in [1.54, 1.807) is 27.5 Å². The first kappa shape index (κ1) is 22.8. The van der Waals surface area contributed by atoms with Crippen LogP contribution in [0.1, 0.15) is 21.6 Å². The van der Waals surface area contributed by atoms with Crippen molar-refractivity contribution < 1.29 is 9.18 Å². The first-order valence-corrected chi connectivity index (χ1v) is 12.1. The average molecular weight is 497 g/mol. The molecule has 0 radical (unpaired) electrons. The molecule has 0 bridgehead atoms. The van der Waals surface area contributed by atoms with Gasteiger partial charge in [-0.3, -0.25) is 4.79 Å². The summed E-state index contributed by atoms with van der Waals surface area (Å²) in [5, 5.41) is 9.05. The quantitative estimate of drug-likeness (QED) is 0.377. The third kappa shape index (κ3) is 4.31. The van der Waals surface area contributed by atoms with Gasteiger partial charge in [-0.25, -0.2) is 14.1 Å². The number of halogens is 1. The van der Waals surface area contributed by atoms with Crippen molar-refractivity contribution >= 4 is 17.5 Å². The molecule has 0 aliphatic carbocycles. The predicted octanol–water partition coefficient (Wildman–Crippen LogP) is 3.70. The van der Waals surface area contributed by atoms with Gasteiger partial charge >= 0.3 is 0 Å². The summed E-state index contributed by atoms with van der Waals surface area (Å²) in [6, 6.07) is 16.0. The molecule has 1 fully saturated rings. The standard InChI is InChI=1S/C27H25FN8O/c1-18-3-5-20(6-4-18)25-23(16-35(32-25)22-9-7-21(28)8-10-22)26(37)34-13-11-33(12-14-34)24-15-19(2)31-27-29-17-30-36(24)27/h3-10,15-17H,11-14H2,1-2H3. The third-order valence-electron chi connectivity index (χ3n) is 6.61. The molecule has 2 aromatic carbocycles. The SMILES string of the molecule is Cc1ccc(-c2nn(-c3ccc(F)cc3)cc2C(=O)N2CCN(c3cc(C)nc4ncnn34)CC2)cc1. The molecule has 37 heavy (non-hydrogen) atoms. The fraction of sp³-hybridized carbons (Fsp3) is 0.222. The number of hydrogen-bond acceptors (Lipinski definition) is 6. The maximum Gasteiger partial charge on any atom is 0.257 e. The number of carbonyl (C=O) groups is 1. The molecule has 0 atom stereocenters. The van der Waals surface area contributed by atoms with E-state index in [4.69, 9.17) is 5.10 Å². The summed E-state index contributed by atoms with van der Waals surface area (Å²) in [6.07, 6.45) is 3.23. The molecule has 186 valence electrons. The second-order valence-corrected chi connectivity index (χ2v) is 9.19. The molecule has 0 saturated carbocycles. The van der Waals surface area contributed by atoms with Crippen LogP contribution in [0, 0.1) is 19.7 Å². The van der Waals surface area contributed by atoms with E-state index in [1.807, 2.05) is 49.1 Å². The largest absolute Gasteiger partial charge is 0.353 e. The smallest absolute Gasteiger partial charge is 0.257 e. The van der Waals surface area contributed by atoms with Crippen molar-refractivity contribution in [2.75, 3.05) is 31.1 Å². The molecule has 10 heteroatoms. The topological polar surface area (TPSA) is 84.5 Å². The minimum atomic E-state index is -0.323. The van der Waals surface area contributed by atoms with Crippen LogP contribution in [0.15, 0.2) is 67.1 Å². The van der Waals surface area contributed by atoms with Gasteiger partial charge in [0, 0.05) is 49.7 Å². The lowest BCUT2D eigenvalue weighted by Crippen LogP contribution is -2.49. The zero-order valence-electron chi connectivity index (χ0n) is 20.5. The molecule has 1 amide bonds. The van der Waals surface area contributed by atoms with Crippen LogP contribution in [0.3, 0.4) is 0 Å². The number of aromatic nitrogens is 6. The van der Waals surface area contributed by atoms with Crippen LogP contribution in [0.25, 0.3) is 22.7 Å². The molecule has 0 spiro atoms. The van der Waals surface area contributed by atoms with Crippen LogP contribution >= 0.6 is 0 Å². The number of fused-ring (bicyclic) bond motifs is 1. The van der Waals surface area contributed by atoms with Crippen molar-refractivity contribution in [3.63, 3.8) is 0 Å². The van der Waals surface area contributed by atoms with Gasteiger partial charge in [0.15, 0.2) is 0 Å². The lowest BCUT2D eigenvalue weighted by atomic mass is 10.1. The van der Waals surface area contributed by atoms with E-state index in [-0.39, 0.29) is 11.7 Å². The first-order valence-electron chi connectivity index (χ1n) is 12.1. The van der Waals surface area contributed by atoms with Crippen molar-refractivity contribution in [3.8, 4) is 16.9 Å². The Balaban J connectivity index is 1.29. The van der Waals surface area contributed by atoms with Crippen LogP contribution in [0.5, 0.6) is 0 Å². The summed E-state index contributed by atoms with van der Waals surface area (Å²) < 4.78 is 16.9. The van der Waals surface area contributed by atoms with E-state index in [1.165, 1.54) is 18.5 Å². The van der Waals surface area contributed by atoms with E-state index in [0.29, 0.717) is 48.9 Å². The molecule has 4 heterocycles. The van der Waals surface area contributed by atoms with E-state index in [0.717, 1.165) is 22.6 Å². The Morgan fingerprint density at radius 2 is 1.68 bits per heavy atom. The number of aryl methyl sites for hydroxylation is 2. The van der Waals surface area contributed by atoms with Gasteiger partial charge in [0.05, 0.1) is 11.3 Å². The Kier molecular flexibility index (Phi) is 5.63. The van der Waals surface area contributed by atoms with E-state index in [9.17, 15) is 9.18 Å². The van der Waals surface area contributed by atoms with Gasteiger partial charge in [-0.05, 0) is 38.1 Å². The molecule has 0 N–H and O–H groups in total. The normalized spacial score (nSPS) is 13.9.